The molecule has 2 aliphatic carbocycles. The molecule has 0 aliphatic heterocycles. The smallest absolute Gasteiger partial charge is 0.309 e. The van der Waals surface area contributed by atoms with Gasteiger partial charge in [-0.15, -0.1) is 11.6 Å². The fourth-order valence-corrected chi connectivity index (χ4v) is 3.11. The lowest BCUT2D eigenvalue weighted by Crippen LogP contribution is -2.27. The number of allylic oxidation sites excluding steroid dienone is 2. The molecule has 2 bridgehead atoms. The van der Waals surface area contributed by atoms with Crippen LogP contribution in [-0.2, 0) is 9.53 Å². The summed E-state index contributed by atoms with van der Waals surface area (Å²) in [6, 6.07) is 0. The van der Waals surface area contributed by atoms with Crippen LogP contribution < -0.4 is 0 Å². The molecule has 0 aromatic carbocycles. The lowest BCUT2D eigenvalue weighted by molar-refractivity contribution is -0.151. The van der Waals surface area contributed by atoms with Crippen molar-refractivity contribution in [3.63, 3.8) is 0 Å². The predicted molar refractivity (Wildman–Crippen MR) is 64.3 cm³/mol. The third-order valence-corrected chi connectivity index (χ3v) is 4.16. The van der Waals surface area contributed by atoms with E-state index in [-0.39, 0.29) is 11.9 Å². The van der Waals surface area contributed by atoms with Gasteiger partial charge in [0.05, 0.1) is 12.5 Å². The molecule has 0 radical (unpaired) electrons. The summed E-state index contributed by atoms with van der Waals surface area (Å²) in [6.45, 7) is 2.69. The number of unbranched alkanes of at least 4 members (excludes halogenated alkanes) is 1. The molecule has 90 valence electrons. The number of rotatable bonds is 5. The lowest BCUT2D eigenvalue weighted by Gasteiger charge is -2.22. The maximum atomic E-state index is 11.9. The summed E-state index contributed by atoms with van der Waals surface area (Å²) in [5, 5.41) is 0. The molecule has 2 aliphatic rings. The van der Waals surface area contributed by atoms with E-state index >= 15 is 0 Å². The molecule has 0 heterocycles. The zero-order valence-corrected chi connectivity index (χ0v) is 10.5. The Morgan fingerprint density at radius 1 is 1.38 bits per heavy atom. The summed E-state index contributed by atoms with van der Waals surface area (Å²) >= 11 is 5.57. The van der Waals surface area contributed by atoms with Gasteiger partial charge in [-0.1, -0.05) is 19.1 Å². The normalized spacial score (nSPS) is 35.6. The van der Waals surface area contributed by atoms with E-state index in [9.17, 15) is 4.79 Å². The number of fused-ring (bicyclic) bond motifs is 2. The molecule has 2 nitrogen and oxygen atoms in total. The Morgan fingerprint density at radius 3 is 2.75 bits per heavy atom. The van der Waals surface area contributed by atoms with Crippen LogP contribution >= 0.6 is 11.6 Å². The van der Waals surface area contributed by atoms with Gasteiger partial charge in [-0.3, -0.25) is 4.79 Å². The molecule has 16 heavy (non-hydrogen) atoms. The van der Waals surface area contributed by atoms with E-state index < -0.39 is 0 Å². The molecule has 0 amide bonds. The van der Waals surface area contributed by atoms with Crippen molar-refractivity contribution in [2.75, 3.05) is 12.5 Å². The summed E-state index contributed by atoms with van der Waals surface area (Å²) < 4.78 is 5.32. The maximum absolute atomic E-state index is 11.9. The van der Waals surface area contributed by atoms with Gasteiger partial charge in [0.2, 0.25) is 0 Å². The zero-order valence-electron chi connectivity index (χ0n) is 9.69. The van der Waals surface area contributed by atoms with Crippen molar-refractivity contribution in [3.8, 4) is 0 Å². The molecular weight excluding hydrogens is 224 g/mol. The number of hydrogen-bond acceptors (Lipinski definition) is 2. The molecule has 3 heteroatoms. The minimum Gasteiger partial charge on any atom is -0.465 e. The molecule has 0 aromatic heterocycles. The number of ether oxygens (including phenoxy) is 1. The van der Waals surface area contributed by atoms with Crippen LogP contribution in [0.3, 0.4) is 0 Å². The minimum atomic E-state index is -0.000998. The van der Waals surface area contributed by atoms with Crippen molar-refractivity contribution in [2.45, 2.75) is 26.2 Å². The summed E-state index contributed by atoms with van der Waals surface area (Å²) in [5.41, 5.74) is 0. The van der Waals surface area contributed by atoms with E-state index in [2.05, 4.69) is 19.1 Å². The van der Waals surface area contributed by atoms with Gasteiger partial charge >= 0.3 is 5.97 Å². The molecule has 0 saturated heterocycles. The van der Waals surface area contributed by atoms with Crippen LogP contribution in [0.4, 0.5) is 0 Å². The number of halogens is 1. The summed E-state index contributed by atoms with van der Waals surface area (Å²) in [7, 11) is 0. The first kappa shape index (κ1) is 12.0. The highest BCUT2D eigenvalue weighted by atomic mass is 35.5. The second-order valence-electron chi connectivity index (χ2n) is 4.90. The Bertz CT molecular complexity index is 288. The third kappa shape index (κ3) is 2.27. The molecule has 4 unspecified atom stereocenters. The standard InChI is InChI=1S/C13H19ClO2/c1-9-10-4-5-11(8-10)12(9)13(15)16-7-3-2-6-14/h4-5,9-12H,2-3,6-8H2,1H3. The second-order valence-corrected chi connectivity index (χ2v) is 5.27. The van der Waals surface area contributed by atoms with Gasteiger partial charge < -0.3 is 4.74 Å². The number of carbonyl (C=O) groups is 1. The molecular formula is C13H19ClO2. The second kappa shape index (κ2) is 5.22. The van der Waals surface area contributed by atoms with Gasteiger partial charge in [0, 0.05) is 5.88 Å². The molecule has 4 atom stereocenters. The quantitative estimate of drug-likeness (QED) is 0.321. The van der Waals surface area contributed by atoms with Gasteiger partial charge in [0.15, 0.2) is 0 Å². The first-order valence-corrected chi connectivity index (χ1v) is 6.68. The van der Waals surface area contributed by atoms with Crippen LogP contribution in [-0.4, -0.2) is 18.5 Å². The topological polar surface area (TPSA) is 26.3 Å². The van der Waals surface area contributed by atoms with Crippen molar-refractivity contribution >= 4 is 17.6 Å². The first-order valence-electron chi connectivity index (χ1n) is 6.15. The van der Waals surface area contributed by atoms with E-state index in [1.54, 1.807) is 0 Å². The van der Waals surface area contributed by atoms with Crippen LogP contribution in [0.15, 0.2) is 12.2 Å². The monoisotopic (exact) mass is 242 g/mol. The van der Waals surface area contributed by atoms with Crippen molar-refractivity contribution < 1.29 is 9.53 Å². The van der Waals surface area contributed by atoms with Crippen LogP contribution in [0.25, 0.3) is 0 Å². The van der Waals surface area contributed by atoms with Crippen LogP contribution in [0.2, 0.25) is 0 Å². The van der Waals surface area contributed by atoms with Crippen molar-refractivity contribution in [1.82, 2.24) is 0 Å². The number of hydrogen-bond donors (Lipinski definition) is 0. The fraction of sp³-hybridized carbons (Fsp3) is 0.769. The Morgan fingerprint density at radius 2 is 2.12 bits per heavy atom. The van der Waals surface area contributed by atoms with Gasteiger partial charge in [-0.25, -0.2) is 0 Å². The average molecular weight is 243 g/mol. The SMILES string of the molecule is CC1C2C=CC(C2)C1C(=O)OCCCCCl. The first-order chi connectivity index (χ1) is 7.74. The molecule has 0 spiro atoms. The highest BCUT2D eigenvalue weighted by molar-refractivity contribution is 6.17. The van der Waals surface area contributed by atoms with E-state index in [0.29, 0.717) is 30.2 Å². The fourth-order valence-electron chi connectivity index (χ4n) is 2.92. The molecule has 0 aromatic rings. The predicted octanol–water partition coefficient (Wildman–Crippen LogP) is 3.01. The lowest BCUT2D eigenvalue weighted by atomic mass is 9.84. The van der Waals surface area contributed by atoms with Crippen molar-refractivity contribution in [1.29, 1.82) is 0 Å². The Kier molecular flexibility index (Phi) is 3.91. The summed E-state index contributed by atoms with van der Waals surface area (Å²) in [5.74, 6) is 2.23. The van der Waals surface area contributed by atoms with E-state index in [0.717, 1.165) is 19.3 Å². The van der Waals surface area contributed by atoms with E-state index in [4.69, 9.17) is 16.3 Å². The number of esters is 1. The molecule has 1 saturated carbocycles. The molecule has 0 N–H and O–H groups in total. The van der Waals surface area contributed by atoms with Crippen molar-refractivity contribution in [2.24, 2.45) is 23.7 Å². The van der Waals surface area contributed by atoms with Crippen LogP contribution in [0, 0.1) is 23.7 Å². The van der Waals surface area contributed by atoms with Crippen LogP contribution in [0.1, 0.15) is 26.2 Å². The van der Waals surface area contributed by atoms with Gasteiger partial charge in [-0.05, 0) is 37.0 Å². The third-order valence-electron chi connectivity index (χ3n) is 3.90. The number of carbonyl (C=O) groups excluding carboxylic acids is 1. The largest absolute Gasteiger partial charge is 0.465 e. The molecule has 1 fully saturated rings. The maximum Gasteiger partial charge on any atom is 0.309 e. The number of alkyl halides is 1. The van der Waals surface area contributed by atoms with Gasteiger partial charge in [0.25, 0.3) is 0 Å². The highest BCUT2D eigenvalue weighted by Crippen LogP contribution is 2.48. The average Bonchev–Trinajstić information content (AvgIpc) is 2.84. The molecule has 2 rings (SSSR count). The van der Waals surface area contributed by atoms with Crippen molar-refractivity contribution in [3.05, 3.63) is 12.2 Å². The van der Waals surface area contributed by atoms with Crippen LogP contribution in [0.5, 0.6) is 0 Å². The Hall–Kier alpha value is -0.500. The van der Waals surface area contributed by atoms with Gasteiger partial charge in [-0.2, -0.15) is 0 Å². The Labute approximate surface area is 102 Å². The minimum absolute atomic E-state index is 0.000998. The summed E-state index contributed by atoms with van der Waals surface area (Å²) in [4.78, 5) is 11.9. The van der Waals surface area contributed by atoms with E-state index in [1.807, 2.05) is 0 Å². The zero-order chi connectivity index (χ0) is 11.5. The Balaban J connectivity index is 1.79. The highest BCUT2D eigenvalue weighted by Gasteiger charge is 2.46. The van der Waals surface area contributed by atoms with E-state index in [1.165, 1.54) is 0 Å². The van der Waals surface area contributed by atoms with Gasteiger partial charge in [0.1, 0.15) is 0 Å². The summed E-state index contributed by atoms with van der Waals surface area (Å²) in [6.07, 6.45) is 7.38.